The molecule has 0 saturated heterocycles. The van der Waals surface area contributed by atoms with Crippen LogP contribution in [0.25, 0.3) is 0 Å². The summed E-state index contributed by atoms with van der Waals surface area (Å²) in [5.41, 5.74) is 5.71. The summed E-state index contributed by atoms with van der Waals surface area (Å²) in [7, 11) is 0. The Labute approximate surface area is 89.7 Å². The molecule has 0 bridgehead atoms. The van der Waals surface area contributed by atoms with E-state index in [0.717, 1.165) is 5.56 Å². The first-order valence-corrected chi connectivity index (χ1v) is 5.08. The molecule has 0 aliphatic heterocycles. The molecule has 1 atom stereocenters. The Morgan fingerprint density at radius 1 is 1.50 bits per heavy atom. The molecule has 1 unspecified atom stereocenters. The van der Waals surface area contributed by atoms with Crippen molar-refractivity contribution in [1.82, 2.24) is 0 Å². The molecular weight excluding hydrogens is 198 g/mol. The zero-order chi connectivity index (χ0) is 10.6. The quantitative estimate of drug-likeness (QED) is 0.804. The van der Waals surface area contributed by atoms with Crippen molar-refractivity contribution >= 4 is 11.6 Å². The molecule has 0 heterocycles. The maximum absolute atomic E-state index is 9.94. The van der Waals surface area contributed by atoms with Gasteiger partial charge in [-0.05, 0) is 37.6 Å². The molecule has 0 aromatic heterocycles. The van der Waals surface area contributed by atoms with Gasteiger partial charge < -0.3 is 10.8 Å². The molecule has 1 rings (SSSR count). The highest BCUT2D eigenvalue weighted by molar-refractivity contribution is 6.30. The Kier molecular flexibility index (Phi) is 3.93. The predicted octanol–water partition coefficient (Wildman–Crippen LogP) is 1.98. The van der Waals surface area contributed by atoms with Crippen molar-refractivity contribution in [3.8, 4) is 0 Å². The summed E-state index contributed by atoms with van der Waals surface area (Å²) in [5.74, 6) is 0. The summed E-state index contributed by atoms with van der Waals surface area (Å²) in [4.78, 5) is 0. The molecule has 0 radical (unpaired) electrons. The largest absolute Gasteiger partial charge is 0.390 e. The van der Waals surface area contributed by atoms with Crippen molar-refractivity contribution in [2.75, 3.05) is 6.54 Å². The fourth-order valence-corrected chi connectivity index (χ4v) is 1.70. The summed E-state index contributed by atoms with van der Waals surface area (Å²) in [6, 6.07) is 7.53. The van der Waals surface area contributed by atoms with Gasteiger partial charge in [0, 0.05) is 11.4 Å². The van der Waals surface area contributed by atoms with Crippen LogP contribution >= 0.6 is 11.6 Å². The van der Waals surface area contributed by atoms with E-state index in [-0.39, 0.29) is 0 Å². The first kappa shape index (κ1) is 11.5. The number of benzene rings is 1. The maximum atomic E-state index is 9.94. The van der Waals surface area contributed by atoms with Gasteiger partial charge in [0.05, 0.1) is 5.60 Å². The Bertz CT molecular complexity index is 299. The number of nitrogens with two attached hydrogens (primary N) is 1. The molecule has 0 amide bonds. The maximum Gasteiger partial charge on any atom is 0.0671 e. The lowest BCUT2D eigenvalue weighted by Crippen LogP contribution is -2.30. The second-order valence-corrected chi connectivity index (χ2v) is 4.28. The third kappa shape index (κ3) is 3.66. The topological polar surface area (TPSA) is 46.2 Å². The predicted molar refractivity (Wildman–Crippen MR) is 59.5 cm³/mol. The molecule has 14 heavy (non-hydrogen) atoms. The smallest absolute Gasteiger partial charge is 0.0671 e. The summed E-state index contributed by atoms with van der Waals surface area (Å²) < 4.78 is 0. The van der Waals surface area contributed by atoms with Crippen molar-refractivity contribution in [3.63, 3.8) is 0 Å². The van der Waals surface area contributed by atoms with Crippen LogP contribution in [0.3, 0.4) is 0 Å². The second kappa shape index (κ2) is 4.78. The molecule has 78 valence electrons. The van der Waals surface area contributed by atoms with E-state index in [1.165, 1.54) is 0 Å². The van der Waals surface area contributed by atoms with Gasteiger partial charge in [0.15, 0.2) is 0 Å². The van der Waals surface area contributed by atoms with Crippen molar-refractivity contribution in [2.45, 2.75) is 25.4 Å². The first-order valence-electron chi connectivity index (χ1n) is 4.70. The van der Waals surface area contributed by atoms with Crippen LogP contribution in [0.4, 0.5) is 0 Å². The lowest BCUT2D eigenvalue weighted by molar-refractivity contribution is 0.0539. The molecule has 1 aromatic rings. The van der Waals surface area contributed by atoms with Crippen LogP contribution in [-0.4, -0.2) is 17.3 Å². The molecule has 0 fully saturated rings. The molecule has 2 nitrogen and oxygen atoms in total. The third-order valence-corrected chi connectivity index (χ3v) is 2.39. The Hall–Kier alpha value is -0.570. The van der Waals surface area contributed by atoms with Gasteiger partial charge in [-0.3, -0.25) is 0 Å². The fourth-order valence-electron chi connectivity index (χ4n) is 1.49. The summed E-state index contributed by atoms with van der Waals surface area (Å²) in [5, 5.41) is 10.6. The normalized spacial score (nSPS) is 15.1. The minimum atomic E-state index is -0.737. The molecule has 3 N–H and O–H groups in total. The number of hydrogen-bond acceptors (Lipinski definition) is 2. The van der Waals surface area contributed by atoms with Gasteiger partial charge in [0.2, 0.25) is 0 Å². The summed E-state index contributed by atoms with van der Waals surface area (Å²) in [6.07, 6.45) is 1.18. The van der Waals surface area contributed by atoms with E-state index in [1.54, 1.807) is 6.92 Å². The molecule has 0 aliphatic rings. The number of aliphatic hydroxyl groups is 1. The van der Waals surface area contributed by atoms with E-state index in [4.69, 9.17) is 17.3 Å². The first-order chi connectivity index (χ1) is 6.53. The monoisotopic (exact) mass is 213 g/mol. The molecule has 3 heteroatoms. The Morgan fingerprint density at radius 2 is 2.21 bits per heavy atom. The zero-order valence-corrected chi connectivity index (χ0v) is 9.09. The Balaban J connectivity index is 2.68. The molecule has 0 aliphatic carbocycles. The van der Waals surface area contributed by atoms with Gasteiger partial charge in [-0.2, -0.15) is 0 Å². The van der Waals surface area contributed by atoms with E-state index in [2.05, 4.69) is 0 Å². The van der Waals surface area contributed by atoms with Crippen LogP contribution in [0, 0.1) is 0 Å². The van der Waals surface area contributed by atoms with Crippen molar-refractivity contribution in [3.05, 3.63) is 34.9 Å². The summed E-state index contributed by atoms with van der Waals surface area (Å²) >= 11 is 5.84. The van der Waals surface area contributed by atoms with Crippen LogP contribution in [-0.2, 0) is 6.42 Å². The van der Waals surface area contributed by atoms with Crippen molar-refractivity contribution in [2.24, 2.45) is 5.73 Å². The lowest BCUT2D eigenvalue weighted by atomic mass is 9.93. The fraction of sp³-hybridized carbons (Fsp3) is 0.455. The van der Waals surface area contributed by atoms with E-state index in [9.17, 15) is 5.11 Å². The van der Waals surface area contributed by atoms with Crippen LogP contribution in [0.15, 0.2) is 24.3 Å². The number of halogens is 1. The standard InChI is InChI=1S/C11H16ClNO/c1-11(14,5-6-13)8-9-3-2-4-10(12)7-9/h2-4,7,14H,5-6,8,13H2,1H3. The van der Waals surface area contributed by atoms with Gasteiger partial charge in [-0.1, -0.05) is 23.7 Å². The van der Waals surface area contributed by atoms with Gasteiger partial charge >= 0.3 is 0 Å². The minimum Gasteiger partial charge on any atom is -0.390 e. The highest BCUT2D eigenvalue weighted by Crippen LogP contribution is 2.18. The molecule has 1 aromatic carbocycles. The van der Waals surface area contributed by atoms with E-state index in [1.807, 2.05) is 24.3 Å². The number of rotatable bonds is 4. The molecular formula is C11H16ClNO. The van der Waals surface area contributed by atoms with E-state index < -0.39 is 5.60 Å². The second-order valence-electron chi connectivity index (χ2n) is 3.84. The molecule has 0 saturated carbocycles. The van der Waals surface area contributed by atoms with Crippen LogP contribution < -0.4 is 5.73 Å². The molecule has 0 spiro atoms. The Morgan fingerprint density at radius 3 is 2.79 bits per heavy atom. The van der Waals surface area contributed by atoms with Gasteiger partial charge in [0.25, 0.3) is 0 Å². The van der Waals surface area contributed by atoms with Crippen LogP contribution in [0.2, 0.25) is 5.02 Å². The zero-order valence-electron chi connectivity index (χ0n) is 8.33. The highest BCUT2D eigenvalue weighted by atomic mass is 35.5. The van der Waals surface area contributed by atoms with Gasteiger partial charge in [-0.25, -0.2) is 0 Å². The number of hydrogen-bond donors (Lipinski definition) is 2. The van der Waals surface area contributed by atoms with Crippen molar-refractivity contribution < 1.29 is 5.11 Å². The SMILES string of the molecule is CC(O)(CCN)Cc1cccc(Cl)c1. The van der Waals surface area contributed by atoms with E-state index >= 15 is 0 Å². The lowest BCUT2D eigenvalue weighted by Gasteiger charge is -2.22. The average molecular weight is 214 g/mol. The van der Waals surface area contributed by atoms with Crippen molar-refractivity contribution in [1.29, 1.82) is 0 Å². The van der Waals surface area contributed by atoms with E-state index in [0.29, 0.717) is 24.4 Å². The van der Waals surface area contributed by atoms with Gasteiger partial charge in [-0.15, -0.1) is 0 Å². The average Bonchev–Trinajstić information content (AvgIpc) is 2.02. The minimum absolute atomic E-state index is 0.494. The third-order valence-electron chi connectivity index (χ3n) is 2.16. The van der Waals surface area contributed by atoms with Gasteiger partial charge in [0.1, 0.15) is 0 Å². The summed E-state index contributed by atoms with van der Waals surface area (Å²) in [6.45, 7) is 2.29. The van der Waals surface area contributed by atoms with Crippen LogP contribution in [0.5, 0.6) is 0 Å². The van der Waals surface area contributed by atoms with Crippen LogP contribution in [0.1, 0.15) is 18.9 Å². The highest BCUT2D eigenvalue weighted by Gasteiger charge is 2.19.